The average molecular weight is 281 g/mol. The molecule has 4 heteroatoms. The Morgan fingerprint density at radius 1 is 1.30 bits per heavy atom. The third-order valence-electron chi connectivity index (χ3n) is 4.27. The van der Waals surface area contributed by atoms with Crippen LogP contribution in [0.25, 0.3) is 0 Å². The molecule has 0 fully saturated rings. The van der Waals surface area contributed by atoms with Gasteiger partial charge in [0.05, 0.1) is 14.2 Å². The van der Waals surface area contributed by atoms with E-state index in [0.29, 0.717) is 11.5 Å². The summed E-state index contributed by atoms with van der Waals surface area (Å²) in [5.74, 6) is 0.917. The molecule has 112 valence electrons. The van der Waals surface area contributed by atoms with E-state index in [1.54, 1.807) is 14.2 Å². The first kappa shape index (κ1) is 15.1. The maximum Gasteiger partial charge on any atom is 0.165 e. The van der Waals surface area contributed by atoms with Gasteiger partial charge in [0.1, 0.15) is 5.82 Å². The van der Waals surface area contributed by atoms with E-state index in [0.717, 1.165) is 30.4 Å². The molecule has 0 amide bonds. The van der Waals surface area contributed by atoms with Crippen molar-refractivity contribution < 1.29 is 13.9 Å². The van der Waals surface area contributed by atoms with Crippen molar-refractivity contribution in [3.63, 3.8) is 0 Å². The molecule has 20 heavy (non-hydrogen) atoms. The summed E-state index contributed by atoms with van der Waals surface area (Å²) in [6.07, 6.45) is 2.64. The molecule has 0 bridgehead atoms. The summed E-state index contributed by atoms with van der Waals surface area (Å²) in [5.41, 5.74) is 1.84. The van der Waals surface area contributed by atoms with Crippen LogP contribution >= 0.6 is 0 Å². The summed E-state index contributed by atoms with van der Waals surface area (Å²) in [7, 11) is 5.06. The van der Waals surface area contributed by atoms with Gasteiger partial charge in [0.25, 0.3) is 0 Å². The molecule has 1 aliphatic carbocycles. The number of fused-ring (bicyclic) bond motifs is 1. The van der Waals surface area contributed by atoms with Crippen molar-refractivity contribution in [2.45, 2.75) is 39.2 Å². The third-order valence-corrected chi connectivity index (χ3v) is 4.27. The van der Waals surface area contributed by atoms with Gasteiger partial charge in [0, 0.05) is 17.7 Å². The lowest BCUT2D eigenvalue weighted by molar-refractivity contribution is 0.275. The maximum atomic E-state index is 14.4. The highest BCUT2D eigenvalue weighted by Gasteiger charge is 2.33. The van der Waals surface area contributed by atoms with Crippen molar-refractivity contribution in [3.8, 4) is 11.5 Å². The Kier molecular flexibility index (Phi) is 4.23. The Morgan fingerprint density at radius 2 is 2.00 bits per heavy atom. The fourth-order valence-corrected chi connectivity index (χ4v) is 3.12. The van der Waals surface area contributed by atoms with Crippen LogP contribution in [0.4, 0.5) is 4.39 Å². The largest absolute Gasteiger partial charge is 0.493 e. The topological polar surface area (TPSA) is 30.5 Å². The van der Waals surface area contributed by atoms with Gasteiger partial charge in [-0.3, -0.25) is 0 Å². The fraction of sp³-hybridized carbons (Fsp3) is 0.625. The van der Waals surface area contributed by atoms with E-state index in [1.165, 1.54) is 6.07 Å². The lowest BCUT2D eigenvalue weighted by atomic mass is 9.83. The number of benzene rings is 1. The normalized spacial score (nSPS) is 21.0. The summed E-state index contributed by atoms with van der Waals surface area (Å²) in [6.45, 7) is 4.45. The van der Waals surface area contributed by atoms with Gasteiger partial charge in [-0.25, -0.2) is 4.39 Å². The van der Waals surface area contributed by atoms with Crippen molar-refractivity contribution in [1.29, 1.82) is 0 Å². The van der Waals surface area contributed by atoms with Crippen molar-refractivity contribution in [3.05, 3.63) is 23.0 Å². The molecule has 0 aliphatic heterocycles. The summed E-state index contributed by atoms with van der Waals surface area (Å²) < 4.78 is 25.2. The minimum Gasteiger partial charge on any atom is -0.493 e. The molecule has 0 heterocycles. The van der Waals surface area contributed by atoms with E-state index >= 15 is 0 Å². The molecule has 1 aromatic carbocycles. The fourth-order valence-electron chi connectivity index (χ4n) is 3.12. The third kappa shape index (κ3) is 2.62. The van der Waals surface area contributed by atoms with E-state index in [1.807, 2.05) is 7.05 Å². The van der Waals surface area contributed by atoms with Gasteiger partial charge in [0.15, 0.2) is 11.5 Å². The van der Waals surface area contributed by atoms with Crippen LogP contribution < -0.4 is 14.8 Å². The summed E-state index contributed by atoms with van der Waals surface area (Å²) >= 11 is 0. The first-order valence-corrected chi connectivity index (χ1v) is 7.04. The number of ether oxygens (including phenoxy) is 2. The minimum absolute atomic E-state index is 0.0713. The number of rotatable bonds is 3. The number of hydrogen-bond acceptors (Lipinski definition) is 3. The van der Waals surface area contributed by atoms with Crippen LogP contribution in [0.1, 0.15) is 43.9 Å². The Balaban J connectivity index is 2.65. The highest BCUT2D eigenvalue weighted by atomic mass is 19.1. The first-order valence-electron chi connectivity index (χ1n) is 7.04. The highest BCUT2D eigenvalue weighted by molar-refractivity contribution is 5.53. The maximum absolute atomic E-state index is 14.4. The zero-order valence-electron chi connectivity index (χ0n) is 13.0. The second kappa shape index (κ2) is 5.60. The second-order valence-electron chi connectivity index (χ2n) is 6.20. The van der Waals surface area contributed by atoms with E-state index < -0.39 is 0 Å². The van der Waals surface area contributed by atoms with E-state index in [4.69, 9.17) is 9.47 Å². The molecule has 0 aromatic heterocycles. The monoisotopic (exact) mass is 281 g/mol. The number of hydrogen-bond donors (Lipinski definition) is 1. The van der Waals surface area contributed by atoms with Crippen molar-refractivity contribution >= 4 is 0 Å². The van der Waals surface area contributed by atoms with Crippen LogP contribution in [0.2, 0.25) is 0 Å². The van der Waals surface area contributed by atoms with Crippen molar-refractivity contribution in [2.75, 3.05) is 21.3 Å². The van der Waals surface area contributed by atoms with Gasteiger partial charge in [-0.1, -0.05) is 13.8 Å². The molecular weight excluding hydrogens is 257 g/mol. The smallest absolute Gasteiger partial charge is 0.165 e. The number of halogens is 1. The summed E-state index contributed by atoms with van der Waals surface area (Å²) in [5, 5.41) is 3.31. The molecule has 3 nitrogen and oxygen atoms in total. The van der Waals surface area contributed by atoms with Gasteiger partial charge in [0.2, 0.25) is 0 Å². The van der Waals surface area contributed by atoms with Crippen molar-refractivity contribution in [1.82, 2.24) is 5.32 Å². The van der Waals surface area contributed by atoms with Crippen LogP contribution in [0.3, 0.4) is 0 Å². The Bertz CT molecular complexity index is 500. The lowest BCUT2D eigenvalue weighted by Gasteiger charge is -2.27. The molecular formula is C16H24FNO2. The van der Waals surface area contributed by atoms with Gasteiger partial charge < -0.3 is 14.8 Å². The van der Waals surface area contributed by atoms with E-state index in [2.05, 4.69) is 19.2 Å². The minimum atomic E-state index is -0.199. The standard InChI is InChI=1S/C16H24FNO2/c1-16(2)7-6-10-11(17)8-13(19-4)15(20-5)14(10)12(9-16)18-3/h8,12,18H,6-7,9H2,1-5H3. The highest BCUT2D eigenvalue weighted by Crippen LogP contribution is 2.46. The molecule has 1 unspecified atom stereocenters. The molecule has 1 aromatic rings. The van der Waals surface area contributed by atoms with Crippen LogP contribution in [-0.4, -0.2) is 21.3 Å². The first-order chi connectivity index (χ1) is 9.43. The van der Waals surface area contributed by atoms with E-state index in [-0.39, 0.29) is 17.3 Å². The molecule has 1 N–H and O–H groups in total. The van der Waals surface area contributed by atoms with Crippen LogP contribution in [0, 0.1) is 11.2 Å². The number of nitrogens with one attached hydrogen (secondary N) is 1. The number of methoxy groups -OCH3 is 2. The van der Waals surface area contributed by atoms with Crippen LogP contribution in [0.15, 0.2) is 6.07 Å². The SMILES string of the molecule is CNC1CC(C)(C)CCc2c(F)cc(OC)c(OC)c21. The molecule has 0 radical (unpaired) electrons. The Hall–Kier alpha value is -1.29. The van der Waals surface area contributed by atoms with Gasteiger partial charge in [-0.05, 0) is 37.3 Å². The van der Waals surface area contributed by atoms with Gasteiger partial charge >= 0.3 is 0 Å². The zero-order chi connectivity index (χ0) is 14.9. The van der Waals surface area contributed by atoms with Crippen molar-refractivity contribution in [2.24, 2.45) is 5.41 Å². The predicted molar refractivity (Wildman–Crippen MR) is 78.0 cm³/mol. The van der Waals surface area contributed by atoms with Gasteiger partial charge in [-0.15, -0.1) is 0 Å². The molecule has 1 atom stereocenters. The van der Waals surface area contributed by atoms with Gasteiger partial charge in [-0.2, -0.15) is 0 Å². The quantitative estimate of drug-likeness (QED) is 0.861. The molecule has 0 saturated heterocycles. The zero-order valence-corrected chi connectivity index (χ0v) is 13.0. The van der Waals surface area contributed by atoms with E-state index in [9.17, 15) is 4.39 Å². The lowest BCUT2D eigenvalue weighted by Crippen LogP contribution is -2.23. The Morgan fingerprint density at radius 3 is 2.55 bits per heavy atom. The molecule has 0 saturated carbocycles. The molecule has 1 aliphatic rings. The predicted octanol–water partition coefficient (Wildman–Crippen LogP) is 3.47. The second-order valence-corrected chi connectivity index (χ2v) is 6.20. The average Bonchev–Trinajstić information content (AvgIpc) is 2.55. The molecule has 2 rings (SSSR count). The summed E-state index contributed by atoms with van der Waals surface area (Å²) in [6, 6.07) is 1.50. The van der Waals surface area contributed by atoms with Crippen LogP contribution in [0.5, 0.6) is 11.5 Å². The summed E-state index contributed by atoms with van der Waals surface area (Å²) in [4.78, 5) is 0. The van der Waals surface area contributed by atoms with Crippen LogP contribution in [-0.2, 0) is 6.42 Å². The Labute approximate surface area is 120 Å². The molecule has 0 spiro atoms.